The van der Waals surface area contributed by atoms with E-state index in [0.29, 0.717) is 12.1 Å². The van der Waals surface area contributed by atoms with Gasteiger partial charge in [0, 0.05) is 11.4 Å². The Morgan fingerprint density at radius 1 is 1.42 bits per heavy atom. The highest BCUT2D eigenvalue weighted by Crippen LogP contribution is 2.11. The molecule has 0 atom stereocenters. The molecule has 2 aliphatic heterocycles. The summed E-state index contributed by atoms with van der Waals surface area (Å²) in [6.45, 7) is 0.626. The zero-order valence-corrected chi connectivity index (χ0v) is 6.19. The maximum absolute atomic E-state index is 5.39. The number of ether oxygens (including phenoxy) is 1. The van der Waals surface area contributed by atoms with Crippen molar-refractivity contribution in [3.63, 3.8) is 0 Å². The summed E-state index contributed by atoms with van der Waals surface area (Å²) < 4.78 is 5.39. The van der Waals surface area contributed by atoms with Crippen molar-refractivity contribution in [2.75, 3.05) is 6.61 Å². The Hall–Kier alpha value is -1.71. The number of pyridine rings is 1. The summed E-state index contributed by atoms with van der Waals surface area (Å²) in [6.07, 6.45) is 5.44. The molecule has 2 aliphatic rings. The van der Waals surface area contributed by atoms with Gasteiger partial charge in [-0.15, -0.1) is 5.10 Å². The van der Waals surface area contributed by atoms with E-state index in [2.05, 4.69) is 15.2 Å². The summed E-state index contributed by atoms with van der Waals surface area (Å²) in [6, 6.07) is 0. The van der Waals surface area contributed by atoms with Crippen LogP contribution >= 0.6 is 0 Å². The number of aromatic nitrogens is 1. The van der Waals surface area contributed by atoms with E-state index in [-0.39, 0.29) is 0 Å². The van der Waals surface area contributed by atoms with Crippen molar-refractivity contribution in [1.82, 2.24) is 4.98 Å². The van der Waals surface area contributed by atoms with Crippen molar-refractivity contribution in [1.29, 1.82) is 0 Å². The third-order valence-electron chi connectivity index (χ3n) is 1.94. The average Bonchev–Trinajstić information content (AvgIpc) is 2.71. The summed E-state index contributed by atoms with van der Waals surface area (Å²) in [5.41, 5.74) is 1.56. The second kappa shape index (κ2) is 1.91. The fourth-order valence-corrected chi connectivity index (χ4v) is 1.37. The molecule has 0 bridgehead atoms. The quantitative estimate of drug-likeness (QED) is 0.498. The number of fused-ring (bicyclic) bond motifs is 3. The van der Waals surface area contributed by atoms with Crippen LogP contribution in [0.15, 0.2) is 16.4 Å². The molecule has 0 aromatic carbocycles. The number of rotatable bonds is 0. The molecule has 0 unspecified atom stereocenters. The Balaban J connectivity index is 2.50. The van der Waals surface area contributed by atoms with Gasteiger partial charge in [0.15, 0.2) is 5.49 Å². The average molecular weight is 159 g/mol. The normalized spacial score (nSPS) is 16.0. The molecule has 0 radical (unpaired) electrons. The zero-order valence-electron chi connectivity index (χ0n) is 6.19. The summed E-state index contributed by atoms with van der Waals surface area (Å²) in [5, 5.41) is 8.65. The summed E-state index contributed by atoms with van der Waals surface area (Å²) in [4.78, 5) is 4.13. The molecule has 3 rings (SSSR count). The van der Waals surface area contributed by atoms with E-state index in [1.54, 1.807) is 12.4 Å². The number of hydrogen-bond donors (Lipinski definition) is 0. The summed E-state index contributed by atoms with van der Waals surface area (Å²) in [5.74, 6) is 0.866. The molecule has 1 aromatic rings. The van der Waals surface area contributed by atoms with Crippen molar-refractivity contribution in [2.45, 2.75) is 0 Å². The molecular weight excluding hydrogens is 154 g/mol. The first-order valence-corrected chi connectivity index (χ1v) is 3.68. The molecule has 1 aromatic heterocycles. The highest BCUT2D eigenvalue weighted by Gasteiger charge is 2.13. The maximum atomic E-state index is 5.39. The van der Waals surface area contributed by atoms with Gasteiger partial charge in [0.2, 0.25) is 0 Å². The fourth-order valence-electron chi connectivity index (χ4n) is 1.37. The van der Waals surface area contributed by atoms with Crippen LogP contribution in [-0.2, 0) is 0 Å². The lowest BCUT2D eigenvalue weighted by Gasteiger charge is -1.98. The van der Waals surface area contributed by atoms with Crippen molar-refractivity contribution in [2.24, 2.45) is 10.2 Å². The van der Waals surface area contributed by atoms with Gasteiger partial charge in [0.05, 0.1) is 11.8 Å². The monoisotopic (exact) mass is 159 g/mol. The number of nitrogens with zero attached hydrogens (tertiary/aromatic N) is 3. The Morgan fingerprint density at radius 2 is 2.42 bits per heavy atom. The Morgan fingerprint density at radius 3 is 3.42 bits per heavy atom. The molecule has 0 saturated carbocycles. The lowest BCUT2D eigenvalue weighted by atomic mass is 10.2. The third-order valence-corrected chi connectivity index (χ3v) is 1.94. The van der Waals surface area contributed by atoms with Crippen LogP contribution in [0.1, 0.15) is 5.56 Å². The van der Waals surface area contributed by atoms with Gasteiger partial charge in [-0.2, -0.15) is 5.10 Å². The van der Waals surface area contributed by atoms with Crippen molar-refractivity contribution < 1.29 is 4.74 Å². The van der Waals surface area contributed by atoms with E-state index >= 15 is 0 Å². The minimum atomic E-state index is 0.626. The fraction of sp³-hybridized carbons (Fsp3) is 0.125. The Bertz CT molecular complexity index is 490. The van der Waals surface area contributed by atoms with Gasteiger partial charge in [0.1, 0.15) is 12.4 Å². The van der Waals surface area contributed by atoms with Crippen LogP contribution < -0.4 is 15.4 Å². The largest absolute Gasteiger partial charge is 0.488 e. The van der Waals surface area contributed by atoms with Crippen LogP contribution in [0.3, 0.4) is 0 Å². The zero-order chi connectivity index (χ0) is 7.97. The van der Waals surface area contributed by atoms with E-state index in [4.69, 9.17) is 4.74 Å². The molecule has 0 spiro atoms. The van der Waals surface area contributed by atoms with Crippen LogP contribution in [0.4, 0.5) is 0 Å². The molecule has 12 heavy (non-hydrogen) atoms. The van der Waals surface area contributed by atoms with E-state index in [1.165, 1.54) is 0 Å². The van der Waals surface area contributed by atoms with Gasteiger partial charge >= 0.3 is 0 Å². The van der Waals surface area contributed by atoms with Gasteiger partial charge in [0.25, 0.3) is 0 Å². The maximum Gasteiger partial charge on any atom is 0.187 e. The van der Waals surface area contributed by atoms with Crippen molar-refractivity contribution in [3.8, 4) is 5.75 Å². The van der Waals surface area contributed by atoms with Gasteiger partial charge in [-0.25, -0.2) is 4.98 Å². The molecule has 58 valence electrons. The smallest absolute Gasteiger partial charge is 0.187 e. The van der Waals surface area contributed by atoms with Crippen LogP contribution in [0.5, 0.6) is 5.75 Å². The van der Waals surface area contributed by atoms with Gasteiger partial charge < -0.3 is 4.74 Å². The van der Waals surface area contributed by atoms with Crippen molar-refractivity contribution in [3.05, 3.63) is 22.5 Å². The molecule has 0 aliphatic carbocycles. The lowest BCUT2D eigenvalue weighted by Crippen LogP contribution is -2.17. The van der Waals surface area contributed by atoms with Crippen LogP contribution in [0, 0.1) is 0 Å². The minimum absolute atomic E-state index is 0.626. The molecular formula is C8H5N3O. The standard InChI is InChI=1S/C8H5N3O/c1-2-12-7-5(1)3-9-8-6(7)4-10-11-8/h1,3-4H,2H2. The van der Waals surface area contributed by atoms with E-state index in [1.807, 2.05) is 6.08 Å². The van der Waals surface area contributed by atoms with Gasteiger partial charge in [-0.3, -0.25) is 0 Å². The molecule has 0 saturated heterocycles. The first-order valence-electron chi connectivity index (χ1n) is 3.68. The molecule has 0 N–H and O–H groups in total. The first-order chi connectivity index (χ1) is 5.95. The molecule has 4 nitrogen and oxygen atoms in total. The predicted molar refractivity (Wildman–Crippen MR) is 42.6 cm³/mol. The molecule has 4 heteroatoms. The lowest BCUT2D eigenvalue weighted by molar-refractivity contribution is 0.384. The third kappa shape index (κ3) is 0.592. The second-order valence-electron chi connectivity index (χ2n) is 2.64. The molecule has 0 amide bonds. The van der Waals surface area contributed by atoms with Crippen LogP contribution in [0.25, 0.3) is 6.08 Å². The van der Waals surface area contributed by atoms with Crippen molar-refractivity contribution >= 4 is 12.3 Å². The van der Waals surface area contributed by atoms with Crippen LogP contribution in [-0.4, -0.2) is 17.8 Å². The van der Waals surface area contributed by atoms with Crippen LogP contribution in [0.2, 0.25) is 0 Å². The van der Waals surface area contributed by atoms with E-state index in [0.717, 1.165) is 16.5 Å². The number of hydrogen-bond acceptors (Lipinski definition) is 4. The Labute approximate surface area is 67.9 Å². The topological polar surface area (TPSA) is 46.8 Å². The second-order valence-corrected chi connectivity index (χ2v) is 2.64. The highest BCUT2D eigenvalue weighted by atomic mass is 16.5. The summed E-state index contributed by atoms with van der Waals surface area (Å²) >= 11 is 0. The van der Waals surface area contributed by atoms with E-state index in [9.17, 15) is 0 Å². The minimum Gasteiger partial charge on any atom is -0.488 e. The van der Waals surface area contributed by atoms with Gasteiger partial charge in [-0.05, 0) is 6.08 Å². The SMILES string of the molecule is C1=NN=c2ncc3c(c21)OCC=3. The van der Waals surface area contributed by atoms with Gasteiger partial charge in [-0.1, -0.05) is 0 Å². The summed E-state index contributed by atoms with van der Waals surface area (Å²) in [7, 11) is 0. The predicted octanol–water partition coefficient (Wildman–Crippen LogP) is -0.778. The molecule has 3 heterocycles. The highest BCUT2D eigenvalue weighted by molar-refractivity contribution is 5.84. The molecule has 0 fully saturated rings. The first kappa shape index (κ1) is 5.88. The Kier molecular flexibility index (Phi) is 0.935. The van der Waals surface area contributed by atoms with E-state index < -0.39 is 0 Å².